The van der Waals surface area contributed by atoms with Gasteiger partial charge in [0.05, 0.1) is 6.04 Å². The summed E-state index contributed by atoms with van der Waals surface area (Å²) >= 11 is 0. The normalized spacial score (nSPS) is 14.7. The van der Waals surface area contributed by atoms with Gasteiger partial charge in [-0.15, -0.1) is 0 Å². The number of rotatable bonds is 5. The second kappa shape index (κ2) is 8.03. The number of benzene rings is 5. The number of anilines is 1. The van der Waals surface area contributed by atoms with Gasteiger partial charge in [0.25, 0.3) is 0 Å². The Hall–Kier alpha value is -4.56. The molecule has 0 saturated heterocycles. The van der Waals surface area contributed by atoms with Gasteiger partial charge in [0.1, 0.15) is 0 Å². The molecule has 5 aromatic carbocycles. The first-order chi connectivity index (χ1) is 17.3. The monoisotopic (exact) mass is 448 g/mol. The molecule has 1 aromatic heterocycles. The van der Waals surface area contributed by atoms with Crippen molar-refractivity contribution in [3.63, 3.8) is 0 Å². The lowest BCUT2D eigenvalue weighted by molar-refractivity contribution is 1.26. The van der Waals surface area contributed by atoms with Gasteiger partial charge in [-0.1, -0.05) is 91.0 Å². The Morgan fingerprint density at radius 2 is 1.23 bits per heavy atom. The third kappa shape index (κ3) is 3.60. The Morgan fingerprint density at radius 1 is 0.543 bits per heavy atom. The molecule has 35 heavy (non-hydrogen) atoms. The minimum absolute atomic E-state index is 0.250. The minimum atomic E-state index is 0.250. The SMILES string of the molecule is C1=C(c2cc(-c3cccc(-c4ccccc4)c3)cc3[nH]c4ccccc4c23)[C@H]1Nc1ccccc1. The van der Waals surface area contributed by atoms with Crippen LogP contribution in [0.25, 0.3) is 49.6 Å². The Bertz CT molecular complexity index is 1710. The van der Waals surface area contributed by atoms with E-state index in [9.17, 15) is 0 Å². The van der Waals surface area contributed by atoms with Gasteiger partial charge in [-0.05, 0) is 69.8 Å². The van der Waals surface area contributed by atoms with E-state index in [1.807, 2.05) is 0 Å². The molecule has 0 radical (unpaired) electrons. The maximum absolute atomic E-state index is 3.67. The van der Waals surface area contributed by atoms with Crippen LogP contribution in [-0.2, 0) is 0 Å². The van der Waals surface area contributed by atoms with Crippen molar-refractivity contribution < 1.29 is 0 Å². The highest BCUT2D eigenvalue weighted by Gasteiger charge is 2.29. The van der Waals surface area contributed by atoms with Gasteiger partial charge in [-0.2, -0.15) is 0 Å². The number of hydrogen-bond acceptors (Lipinski definition) is 1. The average Bonchev–Trinajstić information content (AvgIpc) is 3.58. The van der Waals surface area contributed by atoms with Crippen LogP contribution < -0.4 is 5.32 Å². The van der Waals surface area contributed by atoms with E-state index in [2.05, 4.69) is 138 Å². The Kier molecular flexibility index (Phi) is 4.56. The Labute approximate surface area is 204 Å². The fraction of sp³-hybridized carbons (Fsp3) is 0.0303. The van der Waals surface area contributed by atoms with Crippen molar-refractivity contribution >= 4 is 33.1 Å². The second-order valence-electron chi connectivity index (χ2n) is 9.17. The average molecular weight is 449 g/mol. The first-order valence-electron chi connectivity index (χ1n) is 12.1. The van der Waals surface area contributed by atoms with Gasteiger partial charge in [0, 0.05) is 27.5 Å². The number of nitrogens with one attached hydrogen (secondary N) is 2. The smallest absolute Gasteiger partial charge is 0.0708 e. The van der Waals surface area contributed by atoms with Crippen molar-refractivity contribution in [2.45, 2.75) is 6.04 Å². The van der Waals surface area contributed by atoms with Gasteiger partial charge in [-0.3, -0.25) is 0 Å². The fourth-order valence-corrected chi connectivity index (χ4v) is 5.11. The van der Waals surface area contributed by atoms with Crippen LogP contribution in [0, 0.1) is 0 Å². The lowest BCUT2D eigenvalue weighted by Gasteiger charge is -2.11. The van der Waals surface area contributed by atoms with Crippen molar-refractivity contribution in [3.05, 3.63) is 133 Å². The van der Waals surface area contributed by atoms with Crippen molar-refractivity contribution in [1.82, 2.24) is 4.98 Å². The number of H-pyrrole nitrogens is 1. The Morgan fingerprint density at radius 3 is 2.06 bits per heavy atom. The van der Waals surface area contributed by atoms with E-state index in [0.29, 0.717) is 0 Å². The van der Waals surface area contributed by atoms with Gasteiger partial charge in [0.2, 0.25) is 0 Å². The standard InChI is InChI=1S/C33H24N2/c1-3-10-22(11-4-1)23-12-9-13-24(18-23)25-19-29(28-21-31(28)34-26-14-5-2-6-15-26)33-27-16-7-8-17-30(27)35-32(33)20-25/h1-21,31,34-35H/t31-/m0/s1. The number of aromatic amines is 1. The van der Waals surface area contributed by atoms with Crippen molar-refractivity contribution in [2.75, 3.05) is 5.32 Å². The zero-order chi connectivity index (χ0) is 23.2. The molecule has 0 unspecified atom stereocenters. The number of para-hydroxylation sites is 2. The maximum Gasteiger partial charge on any atom is 0.0708 e. The summed E-state index contributed by atoms with van der Waals surface area (Å²) in [5, 5.41) is 6.23. The highest BCUT2D eigenvalue weighted by molar-refractivity contribution is 6.15. The molecule has 0 fully saturated rings. The molecule has 0 saturated carbocycles. The van der Waals surface area contributed by atoms with Gasteiger partial charge < -0.3 is 10.3 Å². The Balaban J connectivity index is 1.35. The predicted molar refractivity (Wildman–Crippen MR) is 149 cm³/mol. The topological polar surface area (TPSA) is 27.8 Å². The molecule has 1 aliphatic carbocycles. The molecular formula is C33H24N2. The van der Waals surface area contributed by atoms with Gasteiger partial charge in [0.15, 0.2) is 0 Å². The highest BCUT2D eigenvalue weighted by Crippen LogP contribution is 2.43. The zero-order valence-electron chi connectivity index (χ0n) is 19.2. The predicted octanol–water partition coefficient (Wildman–Crippen LogP) is 8.53. The van der Waals surface area contributed by atoms with E-state index in [1.54, 1.807) is 0 Å². The lowest BCUT2D eigenvalue weighted by Crippen LogP contribution is -2.05. The van der Waals surface area contributed by atoms with Crippen LogP contribution in [0.3, 0.4) is 0 Å². The third-order valence-electron chi connectivity index (χ3n) is 6.89. The molecule has 2 heteroatoms. The van der Waals surface area contributed by atoms with E-state index in [1.165, 1.54) is 55.2 Å². The molecule has 2 N–H and O–H groups in total. The van der Waals surface area contributed by atoms with Crippen LogP contribution in [-0.4, -0.2) is 11.0 Å². The molecule has 6 aromatic rings. The van der Waals surface area contributed by atoms with Crippen molar-refractivity contribution in [3.8, 4) is 22.3 Å². The first kappa shape index (κ1) is 19.9. The summed E-state index contributed by atoms with van der Waals surface area (Å²) in [6.45, 7) is 0. The number of hydrogen-bond donors (Lipinski definition) is 2. The summed E-state index contributed by atoms with van der Waals surface area (Å²) in [5.74, 6) is 0. The summed E-state index contributed by atoms with van der Waals surface area (Å²) in [4.78, 5) is 3.67. The maximum atomic E-state index is 3.67. The molecule has 0 bridgehead atoms. The highest BCUT2D eigenvalue weighted by atomic mass is 14.9. The van der Waals surface area contributed by atoms with E-state index in [-0.39, 0.29) is 6.04 Å². The lowest BCUT2D eigenvalue weighted by atomic mass is 9.95. The van der Waals surface area contributed by atoms with Gasteiger partial charge >= 0.3 is 0 Å². The molecule has 2 nitrogen and oxygen atoms in total. The number of fused-ring (bicyclic) bond motifs is 3. The molecule has 166 valence electrons. The van der Waals surface area contributed by atoms with E-state index in [4.69, 9.17) is 0 Å². The van der Waals surface area contributed by atoms with Crippen LogP contribution in [0.5, 0.6) is 0 Å². The third-order valence-corrected chi connectivity index (χ3v) is 6.89. The largest absolute Gasteiger partial charge is 0.375 e. The zero-order valence-corrected chi connectivity index (χ0v) is 19.2. The van der Waals surface area contributed by atoms with Crippen molar-refractivity contribution in [1.29, 1.82) is 0 Å². The fourth-order valence-electron chi connectivity index (χ4n) is 5.11. The molecule has 1 heterocycles. The molecule has 1 aliphatic rings. The quantitative estimate of drug-likeness (QED) is 0.272. The number of aromatic nitrogens is 1. The van der Waals surface area contributed by atoms with Crippen LogP contribution >= 0.6 is 0 Å². The van der Waals surface area contributed by atoms with Crippen LogP contribution in [0.4, 0.5) is 5.69 Å². The minimum Gasteiger partial charge on any atom is -0.375 e. The second-order valence-corrected chi connectivity index (χ2v) is 9.17. The molecule has 0 amide bonds. The summed E-state index contributed by atoms with van der Waals surface area (Å²) in [5.41, 5.74) is 11.1. The summed E-state index contributed by atoms with van der Waals surface area (Å²) in [7, 11) is 0. The molecule has 0 spiro atoms. The molecular weight excluding hydrogens is 424 g/mol. The molecule has 0 aliphatic heterocycles. The van der Waals surface area contributed by atoms with Crippen LogP contribution in [0.15, 0.2) is 127 Å². The van der Waals surface area contributed by atoms with E-state index >= 15 is 0 Å². The summed E-state index contributed by atoms with van der Waals surface area (Å²) < 4.78 is 0. The van der Waals surface area contributed by atoms with E-state index < -0.39 is 0 Å². The van der Waals surface area contributed by atoms with Crippen molar-refractivity contribution in [2.24, 2.45) is 0 Å². The summed E-state index contributed by atoms with van der Waals surface area (Å²) in [6.07, 6.45) is 2.33. The molecule has 1 atom stereocenters. The van der Waals surface area contributed by atoms with Crippen LogP contribution in [0.2, 0.25) is 0 Å². The molecule has 7 rings (SSSR count). The van der Waals surface area contributed by atoms with E-state index in [0.717, 1.165) is 5.69 Å². The van der Waals surface area contributed by atoms with Gasteiger partial charge in [-0.25, -0.2) is 0 Å². The summed E-state index contributed by atoms with van der Waals surface area (Å²) in [6, 6.07) is 43.4. The first-order valence-corrected chi connectivity index (χ1v) is 12.1. The van der Waals surface area contributed by atoms with Crippen LogP contribution in [0.1, 0.15) is 5.56 Å².